The van der Waals surface area contributed by atoms with Crippen LogP contribution in [0.3, 0.4) is 0 Å². The molecule has 1 aliphatic carbocycles. The van der Waals surface area contributed by atoms with E-state index in [1.54, 1.807) is 0 Å². The van der Waals surface area contributed by atoms with E-state index < -0.39 is 0 Å². The molecule has 152 valence electrons. The fraction of sp³-hybridized carbons (Fsp3) is 0.417. The highest BCUT2D eigenvalue weighted by Crippen LogP contribution is 2.28. The second kappa shape index (κ2) is 8.78. The number of Topliss-reactive ketones (excluding diaryl/α,β-unsaturated/α-hetero) is 1. The van der Waals surface area contributed by atoms with Crippen molar-refractivity contribution in [3.05, 3.63) is 59.7 Å². The van der Waals surface area contributed by atoms with Crippen LogP contribution in [0.1, 0.15) is 41.6 Å². The Bertz CT molecular complexity index is 866. The number of aryl methyl sites for hydroxylation is 1. The number of carbonyl (C=O) groups excluding carboxylic acids is 2. The van der Waals surface area contributed by atoms with E-state index in [4.69, 9.17) is 0 Å². The third-order valence-corrected chi connectivity index (χ3v) is 5.92. The molecule has 1 heterocycles. The zero-order chi connectivity index (χ0) is 20.2. The molecule has 1 amide bonds. The Kier molecular flexibility index (Phi) is 5.95. The van der Waals surface area contributed by atoms with Gasteiger partial charge in [0.2, 0.25) is 5.91 Å². The SMILES string of the molecule is Cc1ccccc1C(=O)CCC(=O)Nc1ccc(N2CCN(C3CC3)CC2)cc1. The van der Waals surface area contributed by atoms with E-state index in [0.717, 1.165) is 43.5 Å². The Balaban J connectivity index is 1.24. The third-order valence-electron chi connectivity index (χ3n) is 5.92. The lowest BCUT2D eigenvalue weighted by molar-refractivity contribution is -0.116. The van der Waals surface area contributed by atoms with Crippen molar-refractivity contribution < 1.29 is 9.59 Å². The van der Waals surface area contributed by atoms with E-state index in [1.165, 1.54) is 18.5 Å². The largest absolute Gasteiger partial charge is 0.369 e. The van der Waals surface area contributed by atoms with Crippen LogP contribution in [0.4, 0.5) is 11.4 Å². The number of hydrogen-bond donors (Lipinski definition) is 1. The topological polar surface area (TPSA) is 52.7 Å². The van der Waals surface area contributed by atoms with E-state index in [2.05, 4.69) is 27.2 Å². The number of anilines is 2. The monoisotopic (exact) mass is 391 g/mol. The molecule has 2 fully saturated rings. The molecular formula is C24H29N3O2. The third kappa shape index (κ3) is 5.04. The molecule has 0 unspecified atom stereocenters. The van der Waals surface area contributed by atoms with Gasteiger partial charge in [-0.25, -0.2) is 0 Å². The van der Waals surface area contributed by atoms with Gasteiger partial charge in [-0.1, -0.05) is 24.3 Å². The van der Waals surface area contributed by atoms with Crippen LogP contribution in [0.15, 0.2) is 48.5 Å². The second-order valence-corrected chi connectivity index (χ2v) is 8.09. The van der Waals surface area contributed by atoms with E-state index in [1.807, 2.05) is 43.3 Å². The zero-order valence-corrected chi connectivity index (χ0v) is 17.1. The molecule has 0 bridgehead atoms. The highest BCUT2D eigenvalue weighted by molar-refractivity contribution is 6.00. The Morgan fingerprint density at radius 1 is 0.931 bits per heavy atom. The summed E-state index contributed by atoms with van der Waals surface area (Å²) >= 11 is 0. The summed E-state index contributed by atoms with van der Waals surface area (Å²) in [6, 6.07) is 16.4. The molecule has 2 aliphatic rings. The summed E-state index contributed by atoms with van der Waals surface area (Å²) in [6.45, 7) is 6.31. The standard InChI is InChI=1S/C24H29N3O2/c1-18-4-2-3-5-22(18)23(28)12-13-24(29)25-19-6-8-20(9-7-19)26-14-16-27(17-15-26)21-10-11-21/h2-9,21H,10-17H2,1H3,(H,25,29). The van der Waals surface area contributed by atoms with Crippen LogP contribution in [0.5, 0.6) is 0 Å². The molecule has 0 atom stereocenters. The normalized spacial score (nSPS) is 17.2. The first-order valence-electron chi connectivity index (χ1n) is 10.6. The highest BCUT2D eigenvalue weighted by atomic mass is 16.2. The first-order valence-corrected chi connectivity index (χ1v) is 10.6. The summed E-state index contributed by atoms with van der Waals surface area (Å²) in [5, 5.41) is 2.91. The Labute approximate surface area is 172 Å². The molecule has 1 saturated heterocycles. The summed E-state index contributed by atoms with van der Waals surface area (Å²) in [4.78, 5) is 29.6. The van der Waals surface area contributed by atoms with E-state index in [0.29, 0.717) is 5.56 Å². The van der Waals surface area contributed by atoms with E-state index >= 15 is 0 Å². The van der Waals surface area contributed by atoms with Gasteiger partial charge >= 0.3 is 0 Å². The number of hydrogen-bond acceptors (Lipinski definition) is 4. The number of nitrogens with one attached hydrogen (secondary N) is 1. The van der Waals surface area contributed by atoms with Crippen LogP contribution in [0.25, 0.3) is 0 Å². The van der Waals surface area contributed by atoms with Gasteiger partial charge in [-0.3, -0.25) is 14.5 Å². The van der Waals surface area contributed by atoms with Crippen LogP contribution in [0.2, 0.25) is 0 Å². The minimum absolute atomic E-state index is 0.0129. The lowest BCUT2D eigenvalue weighted by Gasteiger charge is -2.36. The first kappa shape index (κ1) is 19.6. The lowest BCUT2D eigenvalue weighted by Crippen LogP contribution is -2.47. The predicted octanol–water partition coefficient (Wildman–Crippen LogP) is 3.88. The molecular weight excluding hydrogens is 362 g/mol. The van der Waals surface area contributed by atoms with Crippen LogP contribution in [0, 0.1) is 6.92 Å². The molecule has 5 nitrogen and oxygen atoms in total. The van der Waals surface area contributed by atoms with E-state index in [9.17, 15) is 9.59 Å². The Hall–Kier alpha value is -2.66. The average molecular weight is 392 g/mol. The molecule has 0 spiro atoms. The Morgan fingerprint density at radius 2 is 1.62 bits per heavy atom. The second-order valence-electron chi connectivity index (χ2n) is 8.09. The average Bonchev–Trinajstić information content (AvgIpc) is 3.59. The number of carbonyl (C=O) groups is 2. The lowest BCUT2D eigenvalue weighted by atomic mass is 10.0. The molecule has 1 N–H and O–H groups in total. The fourth-order valence-corrected chi connectivity index (χ4v) is 4.01. The summed E-state index contributed by atoms with van der Waals surface area (Å²) in [6.07, 6.45) is 3.15. The van der Waals surface area contributed by atoms with Crippen molar-refractivity contribution in [2.75, 3.05) is 36.4 Å². The molecule has 1 aliphatic heterocycles. The maximum atomic E-state index is 12.3. The van der Waals surface area contributed by atoms with Crippen LogP contribution >= 0.6 is 0 Å². The first-order chi connectivity index (χ1) is 14.1. The van der Waals surface area contributed by atoms with Gasteiger partial charge in [-0.2, -0.15) is 0 Å². The van der Waals surface area contributed by atoms with Gasteiger partial charge in [0, 0.05) is 62.0 Å². The van der Waals surface area contributed by atoms with Crippen molar-refractivity contribution in [3.63, 3.8) is 0 Å². The van der Waals surface area contributed by atoms with Crippen molar-refractivity contribution >= 4 is 23.1 Å². The van der Waals surface area contributed by atoms with E-state index in [-0.39, 0.29) is 24.5 Å². The van der Waals surface area contributed by atoms with Gasteiger partial charge in [0.15, 0.2) is 5.78 Å². The molecule has 29 heavy (non-hydrogen) atoms. The molecule has 1 saturated carbocycles. The van der Waals surface area contributed by atoms with Crippen molar-refractivity contribution in [2.45, 2.75) is 38.6 Å². The van der Waals surface area contributed by atoms with Crippen molar-refractivity contribution in [1.29, 1.82) is 0 Å². The molecule has 0 radical (unpaired) electrons. The molecule has 2 aromatic carbocycles. The molecule has 4 rings (SSSR count). The highest BCUT2D eigenvalue weighted by Gasteiger charge is 2.31. The van der Waals surface area contributed by atoms with Crippen LogP contribution in [-0.4, -0.2) is 48.8 Å². The number of amides is 1. The predicted molar refractivity (Wildman–Crippen MR) is 117 cm³/mol. The molecule has 2 aromatic rings. The maximum Gasteiger partial charge on any atom is 0.224 e. The quantitative estimate of drug-likeness (QED) is 0.728. The van der Waals surface area contributed by atoms with Crippen molar-refractivity contribution in [1.82, 2.24) is 4.90 Å². The molecule has 0 aromatic heterocycles. The van der Waals surface area contributed by atoms with Gasteiger partial charge in [0.25, 0.3) is 0 Å². The van der Waals surface area contributed by atoms with Crippen molar-refractivity contribution in [2.24, 2.45) is 0 Å². The fourth-order valence-electron chi connectivity index (χ4n) is 4.01. The minimum Gasteiger partial charge on any atom is -0.369 e. The summed E-state index contributed by atoms with van der Waals surface area (Å²) in [5.41, 5.74) is 3.63. The summed E-state index contributed by atoms with van der Waals surface area (Å²) in [5.74, 6) is -0.114. The summed E-state index contributed by atoms with van der Waals surface area (Å²) in [7, 11) is 0. The van der Waals surface area contributed by atoms with Gasteiger partial charge in [-0.05, 0) is 49.6 Å². The number of nitrogens with zero attached hydrogens (tertiary/aromatic N) is 2. The molecule has 5 heteroatoms. The van der Waals surface area contributed by atoms with Gasteiger partial charge in [0.1, 0.15) is 0 Å². The zero-order valence-electron chi connectivity index (χ0n) is 17.1. The number of ketones is 1. The number of rotatable bonds is 7. The van der Waals surface area contributed by atoms with Gasteiger partial charge in [-0.15, -0.1) is 0 Å². The number of piperazine rings is 1. The smallest absolute Gasteiger partial charge is 0.224 e. The minimum atomic E-state index is -0.127. The number of benzene rings is 2. The summed E-state index contributed by atoms with van der Waals surface area (Å²) < 4.78 is 0. The van der Waals surface area contributed by atoms with Gasteiger partial charge in [0.05, 0.1) is 0 Å². The maximum absolute atomic E-state index is 12.3. The van der Waals surface area contributed by atoms with Gasteiger partial charge < -0.3 is 10.2 Å². The van der Waals surface area contributed by atoms with Crippen LogP contribution in [-0.2, 0) is 4.79 Å². The van der Waals surface area contributed by atoms with Crippen molar-refractivity contribution in [3.8, 4) is 0 Å². The Morgan fingerprint density at radius 3 is 2.28 bits per heavy atom. The van der Waals surface area contributed by atoms with Crippen LogP contribution < -0.4 is 10.2 Å².